The highest BCUT2D eigenvalue weighted by Crippen LogP contribution is 2.36. The Morgan fingerprint density at radius 3 is 2.41 bits per heavy atom. The van der Waals surface area contributed by atoms with Crippen molar-refractivity contribution in [3.8, 4) is 22.8 Å². The van der Waals surface area contributed by atoms with Crippen LogP contribution in [0.15, 0.2) is 66.0 Å². The van der Waals surface area contributed by atoms with Crippen molar-refractivity contribution in [1.82, 2.24) is 15.0 Å². The molecule has 41 heavy (non-hydrogen) atoms. The second-order valence-electron chi connectivity index (χ2n) is 8.68. The molecule has 0 aliphatic carbocycles. The van der Waals surface area contributed by atoms with Crippen LogP contribution < -0.4 is 10.1 Å². The third kappa shape index (κ3) is 7.26. The Morgan fingerprint density at radius 1 is 1.02 bits per heavy atom. The molecule has 0 saturated heterocycles. The number of pyridine rings is 1. The summed E-state index contributed by atoms with van der Waals surface area (Å²) in [6, 6.07) is 10.6. The summed E-state index contributed by atoms with van der Waals surface area (Å²) in [4.78, 5) is 10.6. The van der Waals surface area contributed by atoms with Gasteiger partial charge >= 0.3 is 6.18 Å². The van der Waals surface area contributed by atoms with Crippen LogP contribution in [-0.4, -0.2) is 34.5 Å². The molecule has 0 bridgehead atoms. The molecule has 2 aromatic heterocycles. The lowest BCUT2D eigenvalue weighted by Gasteiger charge is -2.16. The predicted molar refractivity (Wildman–Crippen MR) is 140 cm³/mol. The zero-order valence-corrected chi connectivity index (χ0v) is 22.5. The first kappa shape index (κ1) is 30.1. The summed E-state index contributed by atoms with van der Waals surface area (Å²) >= 11 is 5.99. The molecule has 216 valence electrons. The van der Waals surface area contributed by atoms with E-state index in [1.807, 2.05) is 0 Å². The van der Waals surface area contributed by atoms with Crippen molar-refractivity contribution in [3.05, 3.63) is 88.5 Å². The van der Waals surface area contributed by atoms with Gasteiger partial charge in [-0.1, -0.05) is 35.4 Å². The number of alkyl halides is 5. The van der Waals surface area contributed by atoms with E-state index in [1.54, 1.807) is 13.0 Å². The number of hydrogen-bond acceptors (Lipinski definition) is 7. The van der Waals surface area contributed by atoms with E-state index in [4.69, 9.17) is 16.3 Å². The number of rotatable bonds is 9. The highest BCUT2D eigenvalue weighted by Gasteiger charge is 2.30. The number of aromatic nitrogens is 3. The van der Waals surface area contributed by atoms with Crippen LogP contribution in [0.3, 0.4) is 0 Å². The van der Waals surface area contributed by atoms with E-state index in [1.165, 1.54) is 30.3 Å². The van der Waals surface area contributed by atoms with Gasteiger partial charge in [0, 0.05) is 24.4 Å². The van der Waals surface area contributed by atoms with Gasteiger partial charge in [-0.15, -0.1) is 0 Å². The Hall–Kier alpha value is -3.88. The maximum atomic E-state index is 13.1. The molecule has 2 N–H and O–H groups in total. The van der Waals surface area contributed by atoms with Crippen molar-refractivity contribution in [3.63, 3.8) is 0 Å². The lowest BCUT2D eigenvalue weighted by Crippen LogP contribution is -2.10. The molecular formula is C26H20ClF5N4O4S. The molecule has 0 aliphatic heterocycles. The second kappa shape index (κ2) is 11.9. The van der Waals surface area contributed by atoms with Crippen LogP contribution in [0.4, 0.5) is 27.8 Å². The third-order valence-electron chi connectivity index (χ3n) is 5.78. The number of benzene rings is 2. The topological polar surface area (TPSA) is 114 Å². The minimum absolute atomic E-state index is 0.0268. The minimum Gasteiger partial charge on any atom is -0.439 e. The largest absolute Gasteiger partial charge is 0.439 e. The van der Waals surface area contributed by atoms with Crippen molar-refractivity contribution >= 4 is 27.5 Å². The number of halogens is 6. The SMILES string of the molecule is Cc1ccc(S(=O)(=O)O)c(-c2cc(Oc3ccc(C(F)(F)F)cn3)ccc2CCNc2ncnc(C(F)F)c2Cl)c1. The van der Waals surface area contributed by atoms with E-state index in [0.29, 0.717) is 22.9 Å². The summed E-state index contributed by atoms with van der Waals surface area (Å²) < 4.78 is 105. The lowest BCUT2D eigenvalue weighted by atomic mass is 9.96. The molecular weight excluding hydrogens is 595 g/mol. The zero-order chi connectivity index (χ0) is 29.9. The fraction of sp³-hybridized carbons (Fsp3) is 0.192. The molecule has 0 unspecified atom stereocenters. The molecule has 8 nitrogen and oxygen atoms in total. The number of ether oxygens (including phenoxy) is 1. The Balaban J connectivity index is 1.70. The maximum Gasteiger partial charge on any atom is 0.417 e. The van der Waals surface area contributed by atoms with Gasteiger partial charge in [-0.2, -0.15) is 21.6 Å². The van der Waals surface area contributed by atoms with Crippen molar-refractivity contribution in [1.29, 1.82) is 0 Å². The normalized spacial score (nSPS) is 12.0. The molecule has 0 amide bonds. The summed E-state index contributed by atoms with van der Waals surface area (Å²) in [5.41, 5.74) is 0.0543. The van der Waals surface area contributed by atoms with Crippen molar-refractivity contribution < 1.29 is 39.7 Å². The summed E-state index contributed by atoms with van der Waals surface area (Å²) in [6.07, 6.45) is -5.75. The minimum atomic E-state index is -4.67. The molecule has 2 aromatic carbocycles. The number of nitrogens with one attached hydrogen (secondary N) is 1. The predicted octanol–water partition coefficient (Wildman–Crippen LogP) is 7.15. The van der Waals surface area contributed by atoms with Gasteiger partial charge in [-0.3, -0.25) is 4.55 Å². The molecule has 0 fully saturated rings. The van der Waals surface area contributed by atoms with E-state index in [9.17, 15) is 34.9 Å². The summed E-state index contributed by atoms with van der Waals surface area (Å²) in [5, 5.41) is 2.50. The van der Waals surface area contributed by atoms with Crippen molar-refractivity contribution in [2.45, 2.75) is 30.8 Å². The smallest absolute Gasteiger partial charge is 0.417 e. The van der Waals surface area contributed by atoms with Gasteiger partial charge in [0.15, 0.2) is 0 Å². The first-order valence-corrected chi connectivity index (χ1v) is 13.5. The highest BCUT2D eigenvalue weighted by atomic mass is 35.5. The molecule has 15 heteroatoms. The number of hydrogen-bond donors (Lipinski definition) is 2. The second-order valence-corrected chi connectivity index (χ2v) is 10.4. The van der Waals surface area contributed by atoms with Crippen molar-refractivity contribution in [2.24, 2.45) is 0 Å². The van der Waals surface area contributed by atoms with E-state index in [2.05, 4.69) is 20.3 Å². The molecule has 0 saturated carbocycles. The van der Waals surface area contributed by atoms with Gasteiger partial charge < -0.3 is 10.1 Å². The Bertz CT molecular complexity index is 1670. The van der Waals surface area contributed by atoms with E-state index < -0.39 is 34.0 Å². The molecule has 4 rings (SSSR count). The Morgan fingerprint density at radius 2 is 1.78 bits per heavy atom. The van der Waals surface area contributed by atoms with Gasteiger partial charge in [0.25, 0.3) is 16.5 Å². The fourth-order valence-electron chi connectivity index (χ4n) is 3.87. The molecule has 0 aliphatic rings. The van der Waals surface area contributed by atoms with Gasteiger partial charge in [0.1, 0.15) is 33.5 Å². The quantitative estimate of drug-likeness (QED) is 0.151. The van der Waals surface area contributed by atoms with E-state index in [-0.39, 0.29) is 45.9 Å². The Kier molecular flexibility index (Phi) is 8.75. The molecule has 2 heterocycles. The van der Waals surface area contributed by atoms with Gasteiger partial charge in [0.2, 0.25) is 5.88 Å². The highest BCUT2D eigenvalue weighted by molar-refractivity contribution is 7.86. The molecule has 0 spiro atoms. The summed E-state index contributed by atoms with van der Waals surface area (Å²) in [5.74, 6) is -0.0564. The average Bonchev–Trinajstić information content (AvgIpc) is 2.89. The maximum absolute atomic E-state index is 13.1. The zero-order valence-electron chi connectivity index (χ0n) is 21.0. The van der Waals surface area contributed by atoms with Crippen LogP contribution in [0, 0.1) is 6.92 Å². The summed E-state index contributed by atoms with van der Waals surface area (Å²) in [6.45, 7) is 1.82. The van der Waals surface area contributed by atoms with Crippen LogP contribution >= 0.6 is 11.6 Å². The number of nitrogens with zero attached hydrogens (tertiary/aromatic N) is 3. The number of aryl methyl sites for hydroxylation is 1. The van der Waals surface area contributed by atoms with E-state index in [0.717, 1.165) is 18.5 Å². The van der Waals surface area contributed by atoms with Crippen LogP contribution in [-0.2, 0) is 22.7 Å². The van der Waals surface area contributed by atoms with Crippen LogP contribution in [0.1, 0.15) is 28.8 Å². The lowest BCUT2D eigenvalue weighted by molar-refractivity contribution is -0.137. The van der Waals surface area contributed by atoms with Gasteiger partial charge in [-0.25, -0.2) is 23.7 Å². The van der Waals surface area contributed by atoms with Gasteiger partial charge in [-0.05, 0) is 48.7 Å². The Labute approximate surface area is 236 Å². The third-order valence-corrected chi connectivity index (χ3v) is 7.06. The first-order chi connectivity index (χ1) is 19.2. The van der Waals surface area contributed by atoms with Crippen molar-refractivity contribution in [2.75, 3.05) is 11.9 Å². The molecule has 0 atom stereocenters. The van der Waals surface area contributed by atoms with Crippen LogP contribution in [0.5, 0.6) is 11.6 Å². The summed E-state index contributed by atoms with van der Waals surface area (Å²) in [7, 11) is -4.67. The van der Waals surface area contributed by atoms with Crippen LogP contribution in [0.2, 0.25) is 5.02 Å². The fourth-order valence-corrected chi connectivity index (χ4v) is 4.80. The molecule has 4 aromatic rings. The standard InChI is InChI=1S/C26H20ClF5N4O4S/c1-14-2-6-20(41(37,38)39)19(10-14)18-11-17(40-21-7-4-16(12-34-21)26(30,31)32)5-3-15(18)8-9-33-25-22(27)23(24(28)29)35-13-36-25/h2-7,10-13,24H,8-9H2,1H3,(H,33,35,36)(H,37,38,39). The van der Waals surface area contributed by atoms with E-state index >= 15 is 0 Å². The number of anilines is 1. The monoisotopic (exact) mass is 614 g/mol. The first-order valence-electron chi connectivity index (χ1n) is 11.7. The average molecular weight is 615 g/mol. The van der Waals surface area contributed by atoms with Crippen LogP contribution in [0.25, 0.3) is 11.1 Å². The van der Waals surface area contributed by atoms with Gasteiger partial charge in [0.05, 0.1) is 5.56 Å². The molecule has 0 radical (unpaired) electrons.